The molecule has 0 saturated carbocycles. The van der Waals surface area contributed by atoms with Crippen LogP contribution in [0.5, 0.6) is 11.5 Å². The van der Waals surface area contributed by atoms with E-state index in [0.29, 0.717) is 67.4 Å². The van der Waals surface area contributed by atoms with Crippen molar-refractivity contribution in [2.75, 3.05) is 38.6 Å². The molecule has 1 atom stereocenters. The van der Waals surface area contributed by atoms with Gasteiger partial charge < -0.3 is 20.1 Å². The van der Waals surface area contributed by atoms with Crippen LogP contribution >= 0.6 is 0 Å². The van der Waals surface area contributed by atoms with Gasteiger partial charge in [-0.25, -0.2) is 19.0 Å². The Bertz CT molecular complexity index is 1810. The van der Waals surface area contributed by atoms with E-state index in [0.717, 1.165) is 6.54 Å². The highest BCUT2D eigenvalue weighted by molar-refractivity contribution is 5.99. The fraction of sp³-hybridized carbons (Fsp3) is 0.382. The molecule has 1 amide bonds. The van der Waals surface area contributed by atoms with Gasteiger partial charge in [0.15, 0.2) is 5.65 Å². The lowest BCUT2D eigenvalue weighted by atomic mass is 9.95. The second kappa shape index (κ2) is 12.9. The Morgan fingerprint density at radius 3 is 2.67 bits per heavy atom. The lowest BCUT2D eigenvalue weighted by Gasteiger charge is -2.45. The monoisotopic (exact) mass is 624 g/mol. The zero-order valence-corrected chi connectivity index (χ0v) is 26.2. The van der Waals surface area contributed by atoms with E-state index in [9.17, 15) is 10.1 Å². The molecule has 4 heterocycles. The van der Waals surface area contributed by atoms with Gasteiger partial charge in [-0.15, -0.1) is 0 Å². The average molecular weight is 625 g/mol. The number of ether oxygens (including phenoxy) is 2. The molecule has 0 spiro atoms. The first kappa shape index (κ1) is 31.1. The van der Waals surface area contributed by atoms with Crippen molar-refractivity contribution < 1.29 is 18.7 Å². The number of carbonyl (C=O) groups is 1. The van der Waals surface area contributed by atoms with E-state index in [1.54, 1.807) is 39.9 Å². The van der Waals surface area contributed by atoms with Crippen molar-refractivity contribution in [1.82, 2.24) is 29.5 Å². The van der Waals surface area contributed by atoms with Crippen molar-refractivity contribution in [1.29, 1.82) is 5.26 Å². The summed E-state index contributed by atoms with van der Waals surface area (Å²) in [6.07, 6.45) is 4.52. The predicted molar refractivity (Wildman–Crippen MR) is 171 cm³/mol. The van der Waals surface area contributed by atoms with Crippen molar-refractivity contribution in [2.24, 2.45) is 0 Å². The summed E-state index contributed by atoms with van der Waals surface area (Å²) in [6, 6.07) is 15.8. The Morgan fingerprint density at radius 1 is 1.22 bits per heavy atom. The Kier molecular flexibility index (Phi) is 8.71. The Morgan fingerprint density at radius 2 is 2.00 bits per heavy atom. The molecule has 2 saturated heterocycles. The molecule has 238 valence electrons. The van der Waals surface area contributed by atoms with E-state index in [-0.39, 0.29) is 34.9 Å². The molecule has 0 bridgehead atoms. The zero-order chi connectivity index (χ0) is 32.4. The standard InChI is InChI=1S/C34H37FN8O3/c1-4-42(24-19-45-20-24)34(2,3)16-22(17-36)33(44)41-14-8-9-23(18-41)43-32-29(31(37)38-21-39-32)30(40-43)27-13-12-26(15-28(27)35)46-25-10-6-5-7-11-25/h5-7,10-13,15-16,21,23-24H,4,8-9,14,18-20H2,1-3H3,(H2,37,38,39)/t23-/m0/s1. The largest absolute Gasteiger partial charge is 0.457 e. The van der Waals surface area contributed by atoms with Crippen LogP contribution in [-0.2, 0) is 9.53 Å². The molecule has 2 N–H and O–H groups in total. The minimum atomic E-state index is -0.537. The molecular weight excluding hydrogens is 587 g/mol. The van der Waals surface area contributed by atoms with E-state index in [2.05, 4.69) is 27.9 Å². The maximum Gasteiger partial charge on any atom is 0.264 e. The summed E-state index contributed by atoms with van der Waals surface area (Å²) in [7, 11) is 0. The highest BCUT2D eigenvalue weighted by Gasteiger charge is 2.36. The number of piperidine rings is 1. The summed E-state index contributed by atoms with van der Waals surface area (Å²) in [6.45, 7) is 8.94. The second-order valence-electron chi connectivity index (χ2n) is 12.2. The number of fused-ring (bicyclic) bond motifs is 1. The molecule has 12 heteroatoms. The number of likely N-dealkylation sites (tertiary alicyclic amines) is 1. The van der Waals surface area contributed by atoms with Gasteiger partial charge in [0, 0.05) is 30.3 Å². The molecule has 11 nitrogen and oxygen atoms in total. The predicted octanol–water partition coefficient (Wildman–Crippen LogP) is 5.12. The number of aromatic nitrogens is 4. The topological polar surface area (TPSA) is 135 Å². The van der Waals surface area contributed by atoms with E-state index < -0.39 is 11.4 Å². The average Bonchev–Trinajstić information content (AvgIpc) is 3.42. The van der Waals surface area contributed by atoms with Crippen molar-refractivity contribution in [2.45, 2.75) is 51.2 Å². The first-order chi connectivity index (χ1) is 22.2. The lowest BCUT2D eigenvalue weighted by Crippen LogP contribution is -2.57. The molecule has 4 aromatic rings. The van der Waals surface area contributed by atoms with Crippen LogP contribution in [0.25, 0.3) is 22.3 Å². The number of halogens is 1. The minimum Gasteiger partial charge on any atom is -0.457 e. The third kappa shape index (κ3) is 6.03. The highest BCUT2D eigenvalue weighted by Crippen LogP contribution is 2.36. The van der Waals surface area contributed by atoms with Crippen LogP contribution in [-0.4, -0.2) is 79.9 Å². The van der Waals surface area contributed by atoms with Gasteiger partial charge in [-0.2, -0.15) is 10.4 Å². The van der Waals surface area contributed by atoms with Crippen molar-refractivity contribution in [3.8, 4) is 28.8 Å². The van der Waals surface area contributed by atoms with Crippen LogP contribution < -0.4 is 10.5 Å². The van der Waals surface area contributed by atoms with Crippen LogP contribution in [0.4, 0.5) is 10.2 Å². The van der Waals surface area contributed by atoms with E-state index in [1.807, 2.05) is 32.0 Å². The number of anilines is 1. The molecule has 6 rings (SSSR count). The molecule has 46 heavy (non-hydrogen) atoms. The molecule has 0 aliphatic carbocycles. The number of hydrogen-bond donors (Lipinski definition) is 1. The number of benzene rings is 2. The third-order valence-corrected chi connectivity index (χ3v) is 8.71. The van der Waals surface area contributed by atoms with Crippen molar-refractivity contribution in [3.05, 3.63) is 72.3 Å². The van der Waals surface area contributed by atoms with E-state index >= 15 is 4.39 Å². The van der Waals surface area contributed by atoms with Gasteiger partial charge >= 0.3 is 0 Å². The Hall–Kier alpha value is -4.86. The third-order valence-electron chi connectivity index (χ3n) is 8.71. The van der Waals surface area contributed by atoms with Gasteiger partial charge in [0.2, 0.25) is 0 Å². The van der Waals surface area contributed by atoms with Gasteiger partial charge in [0.1, 0.15) is 46.8 Å². The molecule has 2 fully saturated rings. The Balaban J connectivity index is 1.28. The summed E-state index contributed by atoms with van der Waals surface area (Å²) in [5.74, 6) is 0.242. The van der Waals surface area contributed by atoms with Crippen LogP contribution in [0, 0.1) is 17.1 Å². The molecular formula is C34H37FN8O3. The van der Waals surface area contributed by atoms with Gasteiger partial charge in [-0.3, -0.25) is 9.69 Å². The zero-order valence-electron chi connectivity index (χ0n) is 26.2. The first-order valence-corrected chi connectivity index (χ1v) is 15.5. The van der Waals surface area contributed by atoms with Crippen LogP contribution in [0.2, 0.25) is 0 Å². The number of likely N-dealkylation sites (N-methyl/N-ethyl adjacent to an activating group) is 1. The second-order valence-corrected chi connectivity index (χ2v) is 12.2. The number of nitrogen functional groups attached to an aromatic ring is 1. The van der Waals surface area contributed by atoms with Gasteiger partial charge in [-0.05, 0) is 63.6 Å². The quantitative estimate of drug-likeness (QED) is 0.199. The number of amides is 1. The van der Waals surface area contributed by atoms with E-state index in [1.165, 1.54) is 12.4 Å². The summed E-state index contributed by atoms with van der Waals surface area (Å²) in [5.41, 5.74) is 6.87. The highest BCUT2D eigenvalue weighted by atomic mass is 19.1. The minimum absolute atomic E-state index is 0.0989. The van der Waals surface area contributed by atoms with Crippen LogP contribution in [0.3, 0.4) is 0 Å². The maximum atomic E-state index is 15.6. The van der Waals surface area contributed by atoms with Gasteiger partial charge in [0.05, 0.1) is 30.7 Å². The molecule has 0 unspecified atom stereocenters. The lowest BCUT2D eigenvalue weighted by molar-refractivity contribution is -0.128. The first-order valence-electron chi connectivity index (χ1n) is 15.5. The molecule has 2 aromatic carbocycles. The van der Waals surface area contributed by atoms with Crippen LogP contribution in [0.1, 0.15) is 39.7 Å². The number of carbonyl (C=O) groups excluding carboxylic acids is 1. The van der Waals surface area contributed by atoms with E-state index in [4.69, 9.17) is 20.3 Å². The molecule has 2 aromatic heterocycles. The summed E-state index contributed by atoms with van der Waals surface area (Å²) in [4.78, 5) is 26.3. The number of para-hydroxylation sites is 1. The molecule has 2 aliphatic heterocycles. The fourth-order valence-corrected chi connectivity index (χ4v) is 6.44. The van der Waals surface area contributed by atoms with Crippen molar-refractivity contribution in [3.63, 3.8) is 0 Å². The normalized spacial score (nSPS) is 17.6. The Labute approximate surface area is 267 Å². The fourth-order valence-electron chi connectivity index (χ4n) is 6.44. The summed E-state index contributed by atoms with van der Waals surface area (Å²) >= 11 is 0. The number of rotatable bonds is 9. The van der Waals surface area contributed by atoms with Gasteiger partial charge in [0.25, 0.3) is 5.91 Å². The van der Waals surface area contributed by atoms with Crippen LogP contribution in [0.15, 0.2) is 66.5 Å². The summed E-state index contributed by atoms with van der Waals surface area (Å²) in [5, 5.41) is 15.3. The SMILES string of the molecule is CCN(C1COC1)C(C)(C)C=C(C#N)C(=O)N1CCC[C@H](n2nc(-c3ccc(Oc4ccccc4)cc3F)c3c(N)ncnc32)C1. The van der Waals surface area contributed by atoms with Gasteiger partial charge in [-0.1, -0.05) is 25.1 Å². The number of hydrogen-bond acceptors (Lipinski definition) is 9. The maximum absolute atomic E-state index is 15.6. The number of nitrogens with two attached hydrogens (primary N) is 1. The number of nitriles is 1. The summed E-state index contributed by atoms with van der Waals surface area (Å²) < 4.78 is 28.5. The number of nitrogens with zero attached hydrogens (tertiary/aromatic N) is 7. The molecule has 2 aliphatic rings. The van der Waals surface area contributed by atoms with Crippen molar-refractivity contribution >= 4 is 22.8 Å². The molecule has 0 radical (unpaired) electrons. The smallest absolute Gasteiger partial charge is 0.264 e.